The molecule has 142 valence electrons. The van der Waals surface area contributed by atoms with Crippen molar-refractivity contribution in [3.8, 4) is 0 Å². The first kappa shape index (κ1) is 19.3. The summed E-state index contributed by atoms with van der Waals surface area (Å²) in [7, 11) is -3.63. The number of fused-ring (bicyclic) bond motifs is 1. The molecule has 6 nitrogen and oxygen atoms in total. The van der Waals surface area contributed by atoms with Gasteiger partial charge < -0.3 is 10.5 Å². The summed E-state index contributed by atoms with van der Waals surface area (Å²) in [5.41, 5.74) is 6.03. The molecule has 0 amide bonds. The van der Waals surface area contributed by atoms with E-state index in [1.54, 1.807) is 35.5 Å². The van der Waals surface area contributed by atoms with E-state index in [9.17, 15) is 13.2 Å². The summed E-state index contributed by atoms with van der Waals surface area (Å²) in [6.45, 7) is 4.40. The maximum absolute atomic E-state index is 13.2. The van der Waals surface area contributed by atoms with Crippen molar-refractivity contribution in [1.82, 2.24) is 4.31 Å². The summed E-state index contributed by atoms with van der Waals surface area (Å²) in [6.07, 6.45) is 2.62. The van der Waals surface area contributed by atoms with E-state index in [1.807, 2.05) is 6.92 Å². The van der Waals surface area contributed by atoms with Gasteiger partial charge in [0.25, 0.3) is 0 Å². The van der Waals surface area contributed by atoms with E-state index in [4.69, 9.17) is 10.5 Å². The van der Waals surface area contributed by atoms with Crippen molar-refractivity contribution in [3.05, 3.63) is 29.1 Å². The molecule has 1 aliphatic rings. The Labute approximate surface area is 158 Å². The Kier molecular flexibility index (Phi) is 5.67. The minimum absolute atomic E-state index is 0.179. The number of rotatable bonds is 5. The Morgan fingerprint density at radius 2 is 2.15 bits per heavy atom. The van der Waals surface area contributed by atoms with Crippen LogP contribution in [0.4, 0.5) is 0 Å². The lowest BCUT2D eigenvalue weighted by molar-refractivity contribution is 0.0532. The van der Waals surface area contributed by atoms with E-state index in [1.165, 1.54) is 11.3 Å². The van der Waals surface area contributed by atoms with Gasteiger partial charge in [0.15, 0.2) is 0 Å². The van der Waals surface area contributed by atoms with Gasteiger partial charge in [-0.3, -0.25) is 0 Å². The zero-order valence-electron chi connectivity index (χ0n) is 15.0. The molecule has 8 heteroatoms. The summed E-state index contributed by atoms with van der Waals surface area (Å²) >= 11 is 1.30. The third-order valence-electron chi connectivity index (χ3n) is 4.68. The molecule has 2 atom stereocenters. The van der Waals surface area contributed by atoms with Crippen molar-refractivity contribution in [2.45, 2.75) is 50.1 Å². The number of thiophene rings is 1. The number of nitrogens with two attached hydrogens (primary N) is 1. The molecule has 1 aliphatic heterocycles. The summed E-state index contributed by atoms with van der Waals surface area (Å²) in [5, 5.41) is 0.730. The monoisotopic (exact) mass is 396 g/mol. The predicted molar refractivity (Wildman–Crippen MR) is 103 cm³/mol. The molecular weight excluding hydrogens is 372 g/mol. The number of piperidine rings is 1. The van der Waals surface area contributed by atoms with Crippen molar-refractivity contribution in [2.75, 3.05) is 13.2 Å². The highest BCUT2D eigenvalue weighted by Crippen LogP contribution is 2.31. The molecule has 0 aliphatic carbocycles. The van der Waals surface area contributed by atoms with Crippen LogP contribution < -0.4 is 5.73 Å². The lowest BCUT2D eigenvalue weighted by Gasteiger charge is -2.36. The topological polar surface area (TPSA) is 89.7 Å². The maximum atomic E-state index is 13.2. The van der Waals surface area contributed by atoms with Gasteiger partial charge in [0.05, 0.1) is 11.5 Å². The van der Waals surface area contributed by atoms with E-state index in [-0.39, 0.29) is 22.9 Å². The summed E-state index contributed by atoms with van der Waals surface area (Å²) < 4.78 is 33.8. The molecule has 2 aromatic rings. The fourth-order valence-corrected chi connectivity index (χ4v) is 6.12. The lowest BCUT2D eigenvalue weighted by Crippen LogP contribution is -2.51. The number of sulfonamides is 1. The van der Waals surface area contributed by atoms with Gasteiger partial charge >= 0.3 is 5.97 Å². The van der Waals surface area contributed by atoms with Crippen molar-refractivity contribution < 1.29 is 17.9 Å². The first-order valence-electron chi connectivity index (χ1n) is 8.82. The Bertz CT molecular complexity index is 905. The molecule has 0 bridgehead atoms. The quantitative estimate of drug-likeness (QED) is 0.785. The first-order chi connectivity index (χ1) is 12.3. The fourth-order valence-electron chi connectivity index (χ4n) is 3.37. The predicted octanol–water partition coefficient (Wildman–Crippen LogP) is 2.97. The van der Waals surface area contributed by atoms with Gasteiger partial charge in [-0.15, -0.1) is 11.3 Å². The second-order valence-corrected chi connectivity index (χ2v) is 9.54. The normalized spacial score (nSPS) is 20.2. The molecule has 1 aromatic carbocycles. The van der Waals surface area contributed by atoms with Crippen molar-refractivity contribution in [1.29, 1.82) is 0 Å². The van der Waals surface area contributed by atoms with Crippen LogP contribution in [0.15, 0.2) is 29.2 Å². The number of hydrogen-bond acceptors (Lipinski definition) is 6. The highest BCUT2D eigenvalue weighted by atomic mass is 32.2. The third-order valence-corrected chi connectivity index (χ3v) is 7.69. The molecule has 2 heterocycles. The van der Waals surface area contributed by atoms with Crippen LogP contribution in [0.2, 0.25) is 0 Å². The molecule has 3 rings (SSSR count). The number of carbonyl (C=O) groups is 1. The van der Waals surface area contributed by atoms with E-state index in [2.05, 4.69) is 0 Å². The van der Waals surface area contributed by atoms with Gasteiger partial charge in [0.1, 0.15) is 4.88 Å². The summed E-state index contributed by atoms with van der Waals surface area (Å²) in [5.74, 6) is -0.383. The van der Waals surface area contributed by atoms with Crippen LogP contribution >= 0.6 is 11.3 Å². The molecule has 0 saturated carbocycles. The molecule has 1 saturated heterocycles. The van der Waals surface area contributed by atoms with Crippen LogP contribution in [-0.2, 0) is 14.8 Å². The van der Waals surface area contributed by atoms with E-state index in [0.29, 0.717) is 18.0 Å². The van der Waals surface area contributed by atoms with Crippen molar-refractivity contribution in [3.63, 3.8) is 0 Å². The molecular formula is C18H24N2O4S2. The highest BCUT2D eigenvalue weighted by Gasteiger charge is 2.35. The third kappa shape index (κ3) is 3.64. The van der Waals surface area contributed by atoms with Gasteiger partial charge in [-0.1, -0.05) is 6.42 Å². The zero-order valence-corrected chi connectivity index (χ0v) is 16.6. The van der Waals surface area contributed by atoms with Gasteiger partial charge in [-0.2, -0.15) is 4.31 Å². The van der Waals surface area contributed by atoms with Crippen LogP contribution in [0.1, 0.15) is 42.8 Å². The highest BCUT2D eigenvalue weighted by molar-refractivity contribution is 7.89. The molecule has 0 spiro atoms. The number of benzene rings is 1. The standard InChI is InChI=1S/C18H24N2O4S2/c1-3-24-18(21)17-11-13-10-14(7-8-16(13)25-17)26(22,23)20-9-5-4-6-15(20)12(2)19/h7-8,10-12,15H,3-6,9,19H2,1-2H3. The number of nitrogens with zero attached hydrogens (tertiary/aromatic N) is 1. The average Bonchev–Trinajstić information content (AvgIpc) is 3.05. The van der Waals surface area contributed by atoms with Crippen molar-refractivity contribution in [2.24, 2.45) is 5.73 Å². The first-order valence-corrected chi connectivity index (χ1v) is 11.1. The molecule has 26 heavy (non-hydrogen) atoms. The van der Waals surface area contributed by atoms with Crippen molar-refractivity contribution >= 4 is 37.4 Å². The lowest BCUT2D eigenvalue weighted by atomic mass is 10.00. The van der Waals surface area contributed by atoms with Crippen LogP contribution in [0.3, 0.4) is 0 Å². The number of ether oxygens (including phenoxy) is 1. The Balaban J connectivity index is 1.97. The Morgan fingerprint density at radius 3 is 2.85 bits per heavy atom. The smallest absolute Gasteiger partial charge is 0.348 e. The number of esters is 1. The van der Waals surface area contributed by atoms with Gasteiger partial charge in [0.2, 0.25) is 10.0 Å². The second-order valence-electron chi connectivity index (χ2n) is 6.57. The van der Waals surface area contributed by atoms with E-state index in [0.717, 1.165) is 29.3 Å². The zero-order chi connectivity index (χ0) is 18.9. The molecule has 0 radical (unpaired) electrons. The summed E-state index contributed by atoms with van der Waals surface area (Å²) in [6, 6.07) is 6.29. The van der Waals surface area contributed by atoms with Crippen LogP contribution in [0.25, 0.3) is 10.1 Å². The largest absolute Gasteiger partial charge is 0.462 e. The second kappa shape index (κ2) is 7.64. The van der Waals surface area contributed by atoms with Crippen LogP contribution in [0, 0.1) is 0 Å². The number of carbonyl (C=O) groups excluding carboxylic acids is 1. The van der Waals surface area contributed by atoms with Gasteiger partial charge in [-0.25, -0.2) is 13.2 Å². The van der Waals surface area contributed by atoms with Crippen LogP contribution in [0.5, 0.6) is 0 Å². The Hall–Kier alpha value is -1.48. The average molecular weight is 397 g/mol. The minimum Gasteiger partial charge on any atom is -0.462 e. The van der Waals surface area contributed by atoms with E-state index >= 15 is 0 Å². The van der Waals surface area contributed by atoms with Gasteiger partial charge in [0, 0.05) is 23.3 Å². The number of hydrogen-bond donors (Lipinski definition) is 1. The summed E-state index contributed by atoms with van der Waals surface area (Å²) in [4.78, 5) is 12.6. The fraction of sp³-hybridized carbons (Fsp3) is 0.500. The van der Waals surface area contributed by atoms with Crippen LogP contribution in [-0.4, -0.2) is 43.9 Å². The van der Waals surface area contributed by atoms with E-state index < -0.39 is 10.0 Å². The SMILES string of the molecule is CCOC(=O)c1cc2cc(S(=O)(=O)N3CCCCC3C(C)N)ccc2s1. The maximum Gasteiger partial charge on any atom is 0.348 e. The molecule has 1 fully saturated rings. The Morgan fingerprint density at radius 1 is 1.38 bits per heavy atom. The molecule has 2 unspecified atom stereocenters. The molecule has 2 N–H and O–H groups in total. The molecule has 1 aromatic heterocycles. The minimum atomic E-state index is -3.63. The van der Waals surface area contributed by atoms with Gasteiger partial charge in [-0.05, 0) is 56.3 Å².